The zero-order valence-electron chi connectivity index (χ0n) is 16.7. The molecule has 1 N–H and O–H groups in total. The van der Waals surface area contributed by atoms with Crippen LogP contribution in [0.5, 0.6) is 0 Å². The summed E-state index contributed by atoms with van der Waals surface area (Å²) >= 11 is 0. The molecule has 0 bridgehead atoms. The van der Waals surface area contributed by atoms with E-state index < -0.39 is 0 Å². The second-order valence-corrected chi connectivity index (χ2v) is 7.07. The Balaban J connectivity index is 1.56. The molecule has 0 spiro atoms. The number of aromatic nitrogens is 5. The molecule has 0 saturated carbocycles. The Kier molecular flexibility index (Phi) is 4.62. The van der Waals surface area contributed by atoms with Gasteiger partial charge in [-0.3, -0.25) is 9.48 Å². The van der Waals surface area contributed by atoms with Crippen molar-refractivity contribution in [2.24, 2.45) is 7.05 Å². The van der Waals surface area contributed by atoms with Crippen molar-refractivity contribution in [1.29, 1.82) is 0 Å². The molecule has 0 saturated heterocycles. The molecule has 0 aliphatic heterocycles. The predicted molar refractivity (Wildman–Crippen MR) is 109 cm³/mol. The van der Waals surface area contributed by atoms with Crippen LogP contribution in [0.2, 0.25) is 0 Å². The lowest BCUT2D eigenvalue weighted by molar-refractivity contribution is -0.115. The number of pyridine rings is 1. The van der Waals surface area contributed by atoms with Gasteiger partial charge in [0, 0.05) is 23.7 Å². The number of carbonyl (C=O) groups is 1. The van der Waals surface area contributed by atoms with Crippen molar-refractivity contribution in [3.05, 3.63) is 65.0 Å². The van der Waals surface area contributed by atoms with Crippen LogP contribution in [0.25, 0.3) is 16.7 Å². The van der Waals surface area contributed by atoms with E-state index >= 15 is 0 Å². The van der Waals surface area contributed by atoms with Gasteiger partial charge in [0.15, 0.2) is 5.65 Å². The van der Waals surface area contributed by atoms with E-state index in [2.05, 4.69) is 20.5 Å². The third kappa shape index (κ3) is 3.49. The fourth-order valence-corrected chi connectivity index (χ4v) is 3.51. The quantitative estimate of drug-likeness (QED) is 0.577. The molecule has 29 heavy (non-hydrogen) atoms. The molecule has 0 aliphatic carbocycles. The molecule has 0 fully saturated rings. The van der Waals surface area contributed by atoms with Crippen LogP contribution < -0.4 is 5.32 Å². The molecule has 3 aromatic heterocycles. The number of benzene rings is 1. The summed E-state index contributed by atoms with van der Waals surface area (Å²) in [6.45, 7) is 5.67. The first kappa shape index (κ1) is 18.8. The highest BCUT2D eigenvalue weighted by Gasteiger charge is 2.17. The third-order valence-electron chi connectivity index (χ3n) is 5.00. The Hall–Kier alpha value is -3.55. The average molecular weight is 392 g/mol. The minimum Gasteiger partial charge on any atom is -0.324 e. The molecule has 0 aliphatic rings. The lowest BCUT2D eigenvalue weighted by atomic mass is 10.1. The standard InChI is InChI=1S/C21H21FN6O/c1-12-18(14(3)28(26-12)17-7-5-15(22)6-8-17)10-20(29)24-16-9-19-13(2)25-27(4)21(19)23-11-16/h5-9,11H,10H2,1-4H3,(H,24,29). The van der Waals surface area contributed by atoms with Gasteiger partial charge in [0.2, 0.25) is 5.91 Å². The molecule has 148 valence electrons. The molecular weight excluding hydrogens is 371 g/mol. The topological polar surface area (TPSA) is 77.6 Å². The van der Waals surface area contributed by atoms with Crippen LogP contribution >= 0.6 is 0 Å². The van der Waals surface area contributed by atoms with E-state index in [1.54, 1.807) is 27.7 Å². The summed E-state index contributed by atoms with van der Waals surface area (Å²) in [5.74, 6) is -0.457. The number of anilines is 1. The van der Waals surface area contributed by atoms with Gasteiger partial charge in [0.05, 0.1) is 35.4 Å². The second kappa shape index (κ2) is 7.12. The van der Waals surface area contributed by atoms with Gasteiger partial charge in [-0.2, -0.15) is 10.2 Å². The Morgan fingerprint density at radius 3 is 2.55 bits per heavy atom. The molecule has 0 atom stereocenters. The summed E-state index contributed by atoms with van der Waals surface area (Å²) in [6.07, 6.45) is 1.81. The van der Waals surface area contributed by atoms with Crippen molar-refractivity contribution >= 4 is 22.6 Å². The molecule has 7 nitrogen and oxygen atoms in total. The maximum absolute atomic E-state index is 13.2. The van der Waals surface area contributed by atoms with Crippen molar-refractivity contribution in [2.45, 2.75) is 27.2 Å². The van der Waals surface area contributed by atoms with E-state index in [1.165, 1.54) is 12.1 Å². The number of hydrogen-bond acceptors (Lipinski definition) is 4. The van der Waals surface area contributed by atoms with Gasteiger partial charge >= 0.3 is 0 Å². The number of hydrogen-bond donors (Lipinski definition) is 1. The Morgan fingerprint density at radius 1 is 1.10 bits per heavy atom. The Labute approximate surface area is 167 Å². The number of nitrogens with zero attached hydrogens (tertiary/aromatic N) is 5. The van der Waals surface area contributed by atoms with Crippen molar-refractivity contribution in [3.63, 3.8) is 0 Å². The molecule has 4 aromatic rings. The normalized spacial score (nSPS) is 11.2. The molecular formula is C21H21FN6O. The van der Waals surface area contributed by atoms with E-state index in [9.17, 15) is 9.18 Å². The number of fused-ring (bicyclic) bond motifs is 1. The van der Waals surface area contributed by atoms with Crippen LogP contribution in [0.15, 0.2) is 36.5 Å². The average Bonchev–Trinajstić information content (AvgIpc) is 3.12. The maximum atomic E-state index is 13.2. The van der Waals surface area contributed by atoms with Crippen LogP contribution in [-0.2, 0) is 18.3 Å². The largest absolute Gasteiger partial charge is 0.324 e. The van der Waals surface area contributed by atoms with Crippen LogP contribution in [0.4, 0.5) is 10.1 Å². The summed E-state index contributed by atoms with van der Waals surface area (Å²) in [6, 6.07) is 7.99. The van der Waals surface area contributed by atoms with Gasteiger partial charge in [-0.25, -0.2) is 14.1 Å². The highest BCUT2D eigenvalue weighted by molar-refractivity contribution is 5.94. The van der Waals surface area contributed by atoms with Crippen LogP contribution in [0.1, 0.15) is 22.6 Å². The van der Waals surface area contributed by atoms with Gasteiger partial charge in [0.1, 0.15) is 5.82 Å². The second-order valence-electron chi connectivity index (χ2n) is 7.07. The van der Waals surface area contributed by atoms with Crippen LogP contribution in [-0.4, -0.2) is 30.5 Å². The minimum atomic E-state index is -0.302. The van der Waals surface area contributed by atoms with Gasteiger partial charge < -0.3 is 5.32 Å². The lowest BCUT2D eigenvalue weighted by Gasteiger charge is -2.07. The third-order valence-corrected chi connectivity index (χ3v) is 5.00. The summed E-state index contributed by atoms with van der Waals surface area (Å²) in [5.41, 5.74) is 5.46. The molecule has 8 heteroatoms. The van der Waals surface area contributed by atoms with Gasteiger partial charge in [-0.15, -0.1) is 0 Å². The van der Waals surface area contributed by atoms with Crippen molar-refractivity contribution in [3.8, 4) is 5.69 Å². The number of nitrogens with one attached hydrogen (secondary N) is 1. The first-order valence-electron chi connectivity index (χ1n) is 9.23. The fraction of sp³-hybridized carbons (Fsp3) is 0.238. The van der Waals surface area contributed by atoms with Crippen LogP contribution in [0.3, 0.4) is 0 Å². The lowest BCUT2D eigenvalue weighted by Crippen LogP contribution is -2.15. The SMILES string of the molecule is Cc1nn(-c2ccc(F)cc2)c(C)c1CC(=O)Nc1cnc2c(c1)c(C)nn2C. The number of aryl methyl sites for hydroxylation is 3. The zero-order valence-corrected chi connectivity index (χ0v) is 16.7. The smallest absolute Gasteiger partial charge is 0.228 e. The molecule has 3 heterocycles. The Bertz CT molecular complexity index is 1220. The van der Waals surface area contributed by atoms with Gasteiger partial charge in [-0.05, 0) is 51.1 Å². The maximum Gasteiger partial charge on any atom is 0.228 e. The number of halogens is 1. The van der Waals surface area contributed by atoms with E-state index in [-0.39, 0.29) is 18.1 Å². The number of amides is 1. The monoisotopic (exact) mass is 392 g/mol. The first-order valence-corrected chi connectivity index (χ1v) is 9.23. The number of carbonyl (C=O) groups excluding carboxylic acids is 1. The molecule has 1 amide bonds. The summed E-state index contributed by atoms with van der Waals surface area (Å²) in [5, 5.41) is 12.7. The number of rotatable bonds is 4. The Morgan fingerprint density at radius 2 is 1.83 bits per heavy atom. The summed E-state index contributed by atoms with van der Waals surface area (Å²) < 4.78 is 16.6. The molecule has 4 rings (SSSR count). The zero-order chi connectivity index (χ0) is 20.7. The van der Waals surface area contributed by atoms with Crippen LogP contribution in [0, 0.1) is 26.6 Å². The summed E-state index contributed by atoms with van der Waals surface area (Å²) in [4.78, 5) is 17.0. The minimum absolute atomic E-state index is 0.155. The molecule has 1 aromatic carbocycles. The van der Waals surface area contributed by atoms with E-state index in [0.29, 0.717) is 5.69 Å². The fourth-order valence-electron chi connectivity index (χ4n) is 3.51. The highest BCUT2D eigenvalue weighted by atomic mass is 19.1. The van der Waals surface area contributed by atoms with Crippen molar-refractivity contribution in [2.75, 3.05) is 5.32 Å². The van der Waals surface area contributed by atoms with Crippen molar-refractivity contribution < 1.29 is 9.18 Å². The van der Waals surface area contributed by atoms with E-state index in [4.69, 9.17) is 0 Å². The van der Waals surface area contributed by atoms with Gasteiger partial charge in [-0.1, -0.05) is 0 Å². The molecule has 0 unspecified atom stereocenters. The summed E-state index contributed by atoms with van der Waals surface area (Å²) in [7, 11) is 1.84. The van der Waals surface area contributed by atoms with Gasteiger partial charge in [0.25, 0.3) is 0 Å². The van der Waals surface area contributed by atoms with E-state index in [0.717, 1.165) is 39.4 Å². The first-order chi connectivity index (χ1) is 13.8. The molecule has 0 radical (unpaired) electrons. The van der Waals surface area contributed by atoms with Crippen molar-refractivity contribution in [1.82, 2.24) is 24.5 Å². The van der Waals surface area contributed by atoms with E-state index in [1.807, 2.05) is 33.9 Å². The predicted octanol–water partition coefficient (Wildman–Crippen LogP) is 3.40. The highest BCUT2D eigenvalue weighted by Crippen LogP contribution is 2.21.